The summed E-state index contributed by atoms with van der Waals surface area (Å²) in [5.41, 5.74) is 4.78. The summed E-state index contributed by atoms with van der Waals surface area (Å²) in [5.74, 6) is 0. The lowest BCUT2D eigenvalue weighted by Crippen LogP contribution is -3.00. The van der Waals surface area contributed by atoms with Crippen LogP contribution in [0.3, 0.4) is 0 Å². The monoisotopic (exact) mass is 575 g/mol. The van der Waals surface area contributed by atoms with E-state index in [1.54, 1.807) is 0 Å². The Labute approximate surface area is 189 Å². The third-order valence-electron chi connectivity index (χ3n) is 3.72. The number of aromatic nitrogens is 2. The maximum Gasteiger partial charge on any atom is 0.226 e. The summed E-state index contributed by atoms with van der Waals surface area (Å²) < 4.78 is 3.90. The van der Waals surface area contributed by atoms with Crippen molar-refractivity contribution in [2.75, 3.05) is 0 Å². The molecule has 0 spiro atoms. The number of benzene rings is 1. The standard InChI is InChI=1S/C13H14N.C7H8N2O.2HI/c1-11-5-3-4-6-13(11)12-7-9-14(2)10-8-12;1-9-5-3-2-4-7(9)6-8-10;;/h3-10H,1-2H3;2-6H,1H3;2*1H/q+1;;;/p-1. The van der Waals surface area contributed by atoms with Crippen LogP contribution in [0.1, 0.15) is 11.3 Å². The average Bonchev–Trinajstić information content (AvgIpc) is 2.59. The van der Waals surface area contributed by atoms with Crippen LogP contribution < -0.4 is 57.1 Å². The lowest BCUT2D eigenvalue weighted by Gasteiger charge is -2.03. The Morgan fingerprint density at radius 1 is 0.846 bits per heavy atom. The zero-order valence-electron chi connectivity index (χ0n) is 15.1. The number of hydrogen-bond donors (Lipinski definition) is 1. The molecule has 0 bridgehead atoms. The van der Waals surface area contributed by atoms with E-state index in [9.17, 15) is 0 Å². The van der Waals surface area contributed by atoms with Crippen molar-refractivity contribution in [1.29, 1.82) is 0 Å². The lowest BCUT2D eigenvalue weighted by atomic mass is 10.0. The number of pyridine rings is 2. The second-order valence-corrected chi connectivity index (χ2v) is 5.55. The smallest absolute Gasteiger partial charge is 0.226 e. The molecule has 138 valence electrons. The highest BCUT2D eigenvalue weighted by molar-refractivity contribution is 5.74. The van der Waals surface area contributed by atoms with E-state index in [0.29, 0.717) is 0 Å². The van der Waals surface area contributed by atoms with Gasteiger partial charge in [-0.3, -0.25) is 0 Å². The summed E-state index contributed by atoms with van der Waals surface area (Å²) in [5, 5.41) is 11.1. The van der Waals surface area contributed by atoms with Gasteiger partial charge in [0.05, 0.1) is 0 Å². The number of halogens is 2. The molecule has 26 heavy (non-hydrogen) atoms. The molecule has 1 aromatic carbocycles. The molecule has 2 aromatic heterocycles. The van der Waals surface area contributed by atoms with Crippen LogP contribution in [-0.4, -0.2) is 11.4 Å². The number of aryl methyl sites for hydroxylation is 3. The Hall–Kier alpha value is -1.55. The third kappa shape index (κ3) is 7.36. The van der Waals surface area contributed by atoms with E-state index in [4.69, 9.17) is 5.21 Å². The predicted octanol–water partition coefficient (Wildman–Crippen LogP) is -3.19. The van der Waals surface area contributed by atoms with Crippen molar-refractivity contribution in [3.63, 3.8) is 0 Å². The van der Waals surface area contributed by atoms with Gasteiger partial charge in [-0.15, -0.1) is 0 Å². The maximum atomic E-state index is 8.20. The van der Waals surface area contributed by atoms with E-state index in [1.165, 1.54) is 22.9 Å². The van der Waals surface area contributed by atoms with Gasteiger partial charge in [-0.1, -0.05) is 29.4 Å². The van der Waals surface area contributed by atoms with Crippen molar-refractivity contribution in [3.8, 4) is 11.1 Å². The SMILES string of the molecule is C[n+]1ccccc1C=NO.Cc1ccccc1-c1cc[n+](C)cc1.[I-].[I-]. The number of oxime groups is 1. The first-order valence-electron chi connectivity index (χ1n) is 7.75. The number of nitrogens with zero attached hydrogens (tertiary/aromatic N) is 3. The lowest BCUT2D eigenvalue weighted by molar-refractivity contribution is -0.672. The molecule has 3 rings (SSSR count). The van der Waals surface area contributed by atoms with Gasteiger partial charge in [-0.05, 0) is 29.7 Å². The van der Waals surface area contributed by atoms with Crippen LogP contribution in [0.2, 0.25) is 0 Å². The Balaban J connectivity index is 0.000000469. The fourth-order valence-electron chi connectivity index (χ4n) is 2.31. The number of rotatable bonds is 2. The van der Waals surface area contributed by atoms with Gasteiger partial charge in [0, 0.05) is 24.3 Å². The molecule has 3 aromatic rings. The van der Waals surface area contributed by atoms with Gasteiger partial charge in [-0.25, -0.2) is 9.13 Å². The van der Waals surface area contributed by atoms with Gasteiger partial charge in [0.2, 0.25) is 5.69 Å². The molecule has 0 atom stereocenters. The van der Waals surface area contributed by atoms with Crippen molar-refractivity contribution in [2.45, 2.75) is 6.92 Å². The Morgan fingerprint density at radius 3 is 2.04 bits per heavy atom. The highest BCUT2D eigenvalue weighted by Gasteiger charge is 2.01. The molecule has 0 fully saturated rings. The minimum atomic E-state index is 0. The number of hydrogen-bond acceptors (Lipinski definition) is 2. The molecular weight excluding hydrogens is 552 g/mol. The van der Waals surface area contributed by atoms with E-state index < -0.39 is 0 Å². The van der Waals surface area contributed by atoms with Gasteiger partial charge < -0.3 is 53.2 Å². The first-order valence-corrected chi connectivity index (χ1v) is 7.75. The van der Waals surface area contributed by atoms with Gasteiger partial charge in [0.15, 0.2) is 18.6 Å². The van der Waals surface area contributed by atoms with Crippen LogP contribution in [0.15, 0.2) is 78.3 Å². The maximum absolute atomic E-state index is 8.20. The predicted molar refractivity (Wildman–Crippen MR) is 94.8 cm³/mol. The minimum absolute atomic E-state index is 0. The zero-order chi connectivity index (χ0) is 17.4. The molecule has 0 amide bonds. The largest absolute Gasteiger partial charge is 1.00 e. The van der Waals surface area contributed by atoms with E-state index in [1.807, 2.05) is 47.6 Å². The van der Waals surface area contributed by atoms with Gasteiger partial charge >= 0.3 is 0 Å². The third-order valence-corrected chi connectivity index (χ3v) is 3.72. The van der Waals surface area contributed by atoms with Crippen molar-refractivity contribution < 1.29 is 62.3 Å². The van der Waals surface area contributed by atoms with Crippen LogP contribution in [0.5, 0.6) is 0 Å². The second-order valence-electron chi connectivity index (χ2n) is 5.55. The van der Waals surface area contributed by atoms with Gasteiger partial charge in [-0.2, -0.15) is 0 Å². The van der Waals surface area contributed by atoms with Crippen LogP contribution in [-0.2, 0) is 14.1 Å². The molecule has 0 radical (unpaired) electrons. The quantitative estimate of drug-likeness (QED) is 0.113. The fourth-order valence-corrected chi connectivity index (χ4v) is 2.31. The van der Waals surface area contributed by atoms with Crippen molar-refractivity contribution in [3.05, 3.63) is 84.4 Å². The highest BCUT2D eigenvalue weighted by Crippen LogP contribution is 2.21. The Morgan fingerprint density at radius 2 is 1.46 bits per heavy atom. The van der Waals surface area contributed by atoms with Crippen molar-refractivity contribution >= 4 is 6.21 Å². The second kappa shape index (κ2) is 12.7. The molecule has 0 saturated heterocycles. The minimum Gasteiger partial charge on any atom is -1.00 e. The topological polar surface area (TPSA) is 40.4 Å². The molecule has 6 heteroatoms. The molecule has 0 aliphatic rings. The summed E-state index contributed by atoms with van der Waals surface area (Å²) >= 11 is 0. The molecule has 2 heterocycles. The molecule has 0 unspecified atom stereocenters. The highest BCUT2D eigenvalue weighted by atomic mass is 127. The van der Waals surface area contributed by atoms with Gasteiger partial charge in [0.1, 0.15) is 20.3 Å². The zero-order valence-corrected chi connectivity index (χ0v) is 19.4. The van der Waals surface area contributed by atoms with Crippen LogP contribution in [0.4, 0.5) is 0 Å². The first kappa shape index (κ1) is 24.5. The fraction of sp³-hybridized carbons (Fsp3) is 0.150. The first-order chi connectivity index (χ1) is 11.6. The summed E-state index contributed by atoms with van der Waals surface area (Å²) in [6.07, 6.45) is 7.42. The summed E-state index contributed by atoms with van der Waals surface area (Å²) in [7, 11) is 3.92. The average molecular weight is 575 g/mol. The Kier molecular flexibility index (Phi) is 12.0. The van der Waals surface area contributed by atoms with E-state index in [0.717, 1.165) is 5.69 Å². The van der Waals surface area contributed by atoms with Crippen LogP contribution in [0, 0.1) is 6.92 Å². The Bertz CT molecular complexity index is 821. The molecule has 0 saturated carbocycles. The molecule has 4 nitrogen and oxygen atoms in total. The van der Waals surface area contributed by atoms with E-state index >= 15 is 0 Å². The normalized spacial score (nSPS) is 9.50. The molecule has 1 N–H and O–H groups in total. The van der Waals surface area contributed by atoms with Crippen molar-refractivity contribution in [1.82, 2.24) is 0 Å². The van der Waals surface area contributed by atoms with Crippen LogP contribution >= 0.6 is 0 Å². The van der Waals surface area contributed by atoms with E-state index in [2.05, 4.69) is 60.9 Å². The summed E-state index contributed by atoms with van der Waals surface area (Å²) in [6, 6.07) is 18.4. The van der Waals surface area contributed by atoms with Crippen molar-refractivity contribution in [2.24, 2.45) is 19.3 Å². The molecule has 0 aliphatic heterocycles. The van der Waals surface area contributed by atoms with Crippen LogP contribution in [0.25, 0.3) is 11.1 Å². The van der Waals surface area contributed by atoms with E-state index in [-0.39, 0.29) is 48.0 Å². The summed E-state index contributed by atoms with van der Waals surface area (Å²) in [6.45, 7) is 2.14. The summed E-state index contributed by atoms with van der Waals surface area (Å²) in [4.78, 5) is 0. The molecular formula is C20H23I2N3O. The molecule has 0 aliphatic carbocycles. The van der Waals surface area contributed by atoms with Gasteiger partial charge in [0.25, 0.3) is 0 Å².